The molecule has 0 aromatic carbocycles. The summed E-state index contributed by atoms with van der Waals surface area (Å²) >= 11 is 0. The number of hydrogen-bond acceptors (Lipinski definition) is 4. The van der Waals surface area contributed by atoms with Gasteiger partial charge in [-0.15, -0.1) is 0 Å². The zero-order chi connectivity index (χ0) is 11.0. The highest BCUT2D eigenvalue weighted by atomic mass is 16.2. The molecule has 0 saturated carbocycles. The van der Waals surface area contributed by atoms with E-state index in [0.29, 0.717) is 12.5 Å². The van der Waals surface area contributed by atoms with Gasteiger partial charge in [0.2, 0.25) is 11.8 Å². The van der Waals surface area contributed by atoms with Gasteiger partial charge in [0, 0.05) is 26.2 Å². The summed E-state index contributed by atoms with van der Waals surface area (Å²) in [6.45, 7) is 1.77. The highest BCUT2D eigenvalue weighted by molar-refractivity contribution is 6.05. The van der Waals surface area contributed by atoms with E-state index in [9.17, 15) is 9.59 Å². The van der Waals surface area contributed by atoms with Crippen molar-refractivity contribution in [3.8, 4) is 0 Å². The van der Waals surface area contributed by atoms with Crippen molar-refractivity contribution >= 4 is 11.8 Å². The van der Waals surface area contributed by atoms with Crippen molar-refractivity contribution in [3.63, 3.8) is 0 Å². The third-order valence-corrected chi connectivity index (χ3v) is 3.43. The normalized spacial score (nSPS) is 33.1. The first-order valence-electron chi connectivity index (χ1n) is 5.35. The molecule has 2 unspecified atom stereocenters. The second-order valence-corrected chi connectivity index (χ2v) is 4.28. The monoisotopic (exact) mass is 211 g/mol. The Bertz CT molecular complexity index is 292. The minimum atomic E-state index is -0.208. The molecule has 2 saturated heterocycles. The predicted octanol–water partition coefficient (Wildman–Crippen LogP) is -0.963. The van der Waals surface area contributed by atoms with Crippen LogP contribution in [0.1, 0.15) is 12.8 Å². The SMILES string of the molecule is CNC1CCN(C2CC(=O)N(C)C2=O)C1. The molecule has 2 amide bonds. The van der Waals surface area contributed by atoms with Gasteiger partial charge in [-0.1, -0.05) is 0 Å². The Morgan fingerprint density at radius 2 is 2.13 bits per heavy atom. The van der Waals surface area contributed by atoms with Crippen molar-refractivity contribution in [2.45, 2.75) is 24.9 Å². The minimum absolute atomic E-state index is 0.0447. The molecule has 2 aliphatic heterocycles. The Labute approximate surface area is 89.4 Å². The van der Waals surface area contributed by atoms with E-state index >= 15 is 0 Å². The third kappa shape index (κ3) is 1.77. The van der Waals surface area contributed by atoms with E-state index < -0.39 is 0 Å². The molecule has 84 valence electrons. The van der Waals surface area contributed by atoms with Crippen molar-refractivity contribution in [3.05, 3.63) is 0 Å². The Morgan fingerprint density at radius 3 is 2.60 bits per heavy atom. The predicted molar refractivity (Wildman–Crippen MR) is 55.2 cm³/mol. The highest BCUT2D eigenvalue weighted by Gasteiger charge is 2.41. The molecule has 1 N–H and O–H groups in total. The molecule has 0 aromatic rings. The molecule has 5 nitrogen and oxygen atoms in total. The number of imide groups is 1. The van der Waals surface area contributed by atoms with Crippen LogP contribution in [0.2, 0.25) is 0 Å². The van der Waals surface area contributed by atoms with E-state index in [-0.39, 0.29) is 17.9 Å². The Morgan fingerprint density at radius 1 is 1.40 bits per heavy atom. The van der Waals surface area contributed by atoms with Crippen LogP contribution in [0.15, 0.2) is 0 Å². The van der Waals surface area contributed by atoms with Crippen LogP contribution in [0.5, 0.6) is 0 Å². The lowest BCUT2D eigenvalue weighted by Gasteiger charge is -2.21. The van der Waals surface area contributed by atoms with Crippen LogP contribution in [0, 0.1) is 0 Å². The van der Waals surface area contributed by atoms with Crippen molar-refractivity contribution in [2.75, 3.05) is 27.2 Å². The number of rotatable bonds is 2. The van der Waals surface area contributed by atoms with E-state index in [1.165, 1.54) is 4.90 Å². The summed E-state index contributed by atoms with van der Waals surface area (Å²) in [5.41, 5.74) is 0. The second kappa shape index (κ2) is 3.90. The second-order valence-electron chi connectivity index (χ2n) is 4.28. The van der Waals surface area contributed by atoms with Crippen LogP contribution in [0.3, 0.4) is 0 Å². The van der Waals surface area contributed by atoms with Crippen molar-refractivity contribution in [2.24, 2.45) is 0 Å². The molecule has 2 fully saturated rings. The summed E-state index contributed by atoms with van der Waals surface area (Å²) in [5, 5.41) is 3.20. The van der Waals surface area contributed by atoms with Crippen LogP contribution >= 0.6 is 0 Å². The lowest BCUT2D eigenvalue weighted by molar-refractivity contribution is -0.137. The average Bonchev–Trinajstić information content (AvgIpc) is 2.79. The number of likely N-dealkylation sites (tertiary alicyclic amines) is 2. The summed E-state index contributed by atoms with van der Waals surface area (Å²) < 4.78 is 0. The van der Waals surface area contributed by atoms with E-state index in [4.69, 9.17) is 0 Å². The van der Waals surface area contributed by atoms with Gasteiger partial charge in [0.25, 0.3) is 0 Å². The largest absolute Gasteiger partial charge is 0.316 e. The minimum Gasteiger partial charge on any atom is -0.316 e. The van der Waals surface area contributed by atoms with Crippen molar-refractivity contribution < 1.29 is 9.59 Å². The maximum atomic E-state index is 11.7. The number of nitrogens with one attached hydrogen (secondary N) is 1. The van der Waals surface area contributed by atoms with E-state index in [0.717, 1.165) is 19.5 Å². The summed E-state index contributed by atoms with van der Waals surface area (Å²) in [7, 11) is 3.50. The Hall–Kier alpha value is -0.940. The summed E-state index contributed by atoms with van der Waals surface area (Å²) in [4.78, 5) is 26.5. The average molecular weight is 211 g/mol. The molecule has 2 atom stereocenters. The van der Waals surface area contributed by atoms with Gasteiger partial charge in [-0.2, -0.15) is 0 Å². The number of hydrogen-bond donors (Lipinski definition) is 1. The van der Waals surface area contributed by atoms with Crippen LogP contribution in [0.25, 0.3) is 0 Å². The zero-order valence-electron chi connectivity index (χ0n) is 9.19. The van der Waals surface area contributed by atoms with E-state index in [1.54, 1.807) is 7.05 Å². The molecule has 0 radical (unpaired) electrons. The number of amides is 2. The van der Waals surface area contributed by atoms with Crippen LogP contribution in [-0.4, -0.2) is 60.9 Å². The number of nitrogens with zero attached hydrogens (tertiary/aromatic N) is 2. The first kappa shape index (κ1) is 10.6. The topological polar surface area (TPSA) is 52.7 Å². The molecule has 0 spiro atoms. The van der Waals surface area contributed by atoms with Crippen LogP contribution in [0.4, 0.5) is 0 Å². The quantitative estimate of drug-likeness (QED) is 0.598. The lowest BCUT2D eigenvalue weighted by atomic mass is 10.2. The van der Waals surface area contributed by atoms with E-state index in [1.807, 2.05) is 7.05 Å². The first-order valence-corrected chi connectivity index (χ1v) is 5.35. The molecular formula is C10H17N3O2. The maximum Gasteiger partial charge on any atom is 0.246 e. The van der Waals surface area contributed by atoms with Crippen molar-refractivity contribution in [1.82, 2.24) is 15.1 Å². The fraction of sp³-hybridized carbons (Fsp3) is 0.800. The maximum absolute atomic E-state index is 11.7. The van der Waals surface area contributed by atoms with Gasteiger partial charge in [0.05, 0.1) is 12.5 Å². The van der Waals surface area contributed by atoms with Gasteiger partial charge in [0.15, 0.2) is 0 Å². The zero-order valence-corrected chi connectivity index (χ0v) is 9.19. The standard InChI is InChI=1S/C10H17N3O2/c1-11-7-3-4-13(6-7)8-5-9(14)12(2)10(8)15/h7-8,11H,3-6H2,1-2H3. The summed E-state index contributed by atoms with van der Waals surface area (Å²) in [6, 6.07) is 0.250. The van der Waals surface area contributed by atoms with Gasteiger partial charge in [-0.3, -0.25) is 19.4 Å². The molecule has 0 aliphatic carbocycles. The van der Waals surface area contributed by atoms with Gasteiger partial charge in [-0.05, 0) is 13.5 Å². The summed E-state index contributed by atoms with van der Waals surface area (Å²) in [6.07, 6.45) is 1.41. The van der Waals surface area contributed by atoms with Crippen molar-refractivity contribution in [1.29, 1.82) is 0 Å². The Balaban J connectivity index is 2.01. The highest BCUT2D eigenvalue weighted by Crippen LogP contribution is 2.21. The molecule has 2 rings (SSSR count). The lowest BCUT2D eigenvalue weighted by Crippen LogP contribution is -2.41. The summed E-state index contributed by atoms with van der Waals surface area (Å²) in [5.74, 6) is -0.102. The molecule has 2 aliphatic rings. The number of carbonyl (C=O) groups excluding carboxylic acids is 2. The van der Waals surface area contributed by atoms with Gasteiger partial charge in [0.1, 0.15) is 0 Å². The molecule has 0 bridgehead atoms. The molecule has 5 heteroatoms. The van der Waals surface area contributed by atoms with Gasteiger partial charge in [-0.25, -0.2) is 0 Å². The van der Waals surface area contributed by atoms with Gasteiger partial charge >= 0.3 is 0 Å². The molecule has 15 heavy (non-hydrogen) atoms. The van der Waals surface area contributed by atoms with Crippen LogP contribution < -0.4 is 5.32 Å². The number of likely N-dealkylation sites (N-methyl/N-ethyl adjacent to an activating group) is 2. The Kier molecular flexibility index (Phi) is 2.75. The third-order valence-electron chi connectivity index (χ3n) is 3.43. The van der Waals surface area contributed by atoms with E-state index in [2.05, 4.69) is 10.2 Å². The molecule has 0 aromatic heterocycles. The van der Waals surface area contributed by atoms with Crippen LogP contribution in [-0.2, 0) is 9.59 Å². The smallest absolute Gasteiger partial charge is 0.246 e. The molecular weight excluding hydrogens is 194 g/mol. The van der Waals surface area contributed by atoms with Gasteiger partial charge < -0.3 is 5.32 Å². The first-order chi connectivity index (χ1) is 7.13. The molecule has 2 heterocycles. The number of carbonyl (C=O) groups is 2. The fourth-order valence-electron chi connectivity index (χ4n) is 2.33. The fourth-order valence-corrected chi connectivity index (χ4v) is 2.33.